The Hall–Kier alpha value is -1.89. The van der Waals surface area contributed by atoms with Crippen molar-refractivity contribution in [3.63, 3.8) is 0 Å². The van der Waals surface area contributed by atoms with E-state index in [2.05, 4.69) is 52.8 Å². The number of rotatable bonds is 4. The first-order chi connectivity index (χ1) is 17.7. The lowest BCUT2D eigenvalue weighted by molar-refractivity contribution is -0.137. The van der Waals surface area contributed by atoms with Crippen molar-refractivity contribution in [3.8, 4) is 0 Å². The molecule has 1 heterocycles. The minimum absolute atomic E-state index is 0.122. The van der Waals surface area contributed by atoms with Crippen LogP contribution in [-0.4, -0.2) is 15.2 Å². The Morgan fingerprint density at radius 1 is 1.08 bits per heavy atom. The van der Waals surface area contributed by atoms with Crippen LogP contribution in [0.3, 0.4) is 0 Å². The number of pyridine rings is 1. The summed E-state index contributed by atoms with van der Waals surface area (Å²) in [6.45, 7) is 16.8. The fourth-order valence-corrected chi connectivity index (χ4v) is 5.55. The normalized spacial score (nSPS) is 19.6. The van der Waals surface area contributed by atoms with Crippen LogP contribution < -0.4 is 0 Å². The Morgan fingerprint density at radius 3 is 2.08 bits per heavy atom. The number of alkyl halides is 3. The molecule has 2 aromatic rings. The van der Waals surface area contributed by atoms with E-state index in [1.165, 1.54) is 18.6 Å². The monoisotopic (exact) mass is 553 g/mol. The summed E-state index contributed by atoms with van der Waals surface area (Å²) in [5, 5.41) is 22.4. The van der Waals surface area contributed by atoms with Gasteiger partial charge >= 0.3 is 6.18 Å². The molecule has 0 bridgehead atoms. The maximum Gasteiger partial charge on any atom is 0.416 e. The quantitative estimate of drug-likeness (QED) is 0.293. The molecule has 0 spiro atoms. The SMILES string of the molecule is C=C.CC1(C)Cc2nc(Cl)c(C(O)c3ccc(C(F)(F)F)cc3)c(C3CCCC3)c2C(O)C1.CCC(C)C. The van der Waals surface area contributed by atoms with Crippen molar-refractivity contribution in [2.45, 2.75) is 104 Å². The van der Waals surface area contributed by atoms with Crippen LogP contribution in [-0.2, 0) is 12.6 Å². The maximum atomic E-state index is 12.9. The molecule has 1 aromatic heterocycles. The second-order valence-corrected chi connectivity index (χ2v) is 11.8. The predicted octanol–water partition coefficient (Wildman–Crippen LogP) is 9.35. The lowest BCUT2D eigenvalue weighted by Crippen LogP contribution is -2.29. The van der Waals surface area contributed by atoms with Crippen molar-refractivity contribution in [2.24, 2.45) is 11.3 Å². The molecule has 1 fully saturated rings. The highest BCUT2D eigenvalue weighted by atomic mass is 35.5. The first-order valence-corrected chi connectivity index (χ1v) is 13.9. The highest BCUT2D eigenvalue weighted by molar-refractivity contribution is 6.30. The van der Waals surface area contributed by atoms with Gasteiger partial charge in [-0.05, 0) is 66.2 Å². The first kappa shape index (κ1) is 32.3. The summed E-state index contributed by atoms with van der Waals surface area (Å²) >= 11 is 6.60. The average Bonchev–Trinajstić information content (AvgIpc) is 3.38. The van der Waals surface area contributed by atoms with Crippen LogP contribution in [0.1, 0.15) is 125 Å². The molecule has 0 aliphatic heterocycles. The predicted molar refractivity (Wildman–Crippen MR) is 149 cm³/mol. The van der Waals surface area contributed by atoms with Crippen molar-refractivity contribution < 1.29 is 23.4 Å². The van der Waals surface area contributed by atoms with Gasteiger partial charge in [-0.25, -0.2) is 4.98 Å². The molecule has 2 unspecified atom stereocenters. The molecule has 0 saturated heterocycles. The molecule has 0 amide bonds. The van der Waals surface area contributed by atoms with Gasteiger partial charge in [-0.15, -0.1) is 13.2 Å². The maximum absolute atomic E-state index is 12.9. The molecule has 4 rings (SSSR count). The van der Waals surface area contributed by atoms with Crippen LogP contribution in [0.5, 0.6) is 0 Å². The number of benzene rings is 1. The van der Waals surface area contributed by atoms with E-state index in [1.54, 1.807) is 0 Å². The number of aromatic nitrogens is 1. The van der Waals surface area contributed by atoms with Crippen LogP contribution in [0, 0.1) is 11.3 Å². The molecule has 2 aliphatic rings. The summed E-state index contributed by atoms with van der Waals surface area (Å²) in [6, 6.07) is 4.48. The molecule has 7 heteroatoms. The first-order valence-electron chi connectivity index (χ1n) is 13.5. The number of aliphatic hydroxyl groups excluding tert-OH is 2. The molecular formula is C31H43ClF3NO2. The molecule has 1 saturated carbocycles. The Labute approximate surface area is 231 Å². The summed E-state index contributed by atoms with van der Waals surface area (Å²) < 4.78 is 38.8. The standard InChI is InChI=1S/C24H27ClF3NO2.C5H12.C2H4/c1-23(2)11-16-19(17(30)12-23)18(13-5-3-4-6-13)20(22(25)29-16)21(31)14-7-9-15(10-8-14)24(26,27)28;1-4-5(2)3;1-2/h7-10,13,17,21,30-31H,3-6,11-12H2,1-2H3;5H,4H2,1-3H3;1-2H2. The minimum atomic E-state index is -4.44. The Morgan fingerprint density at radius 2 is 1.61 bits per heavy atom. The highest BCUT2D eigenvalue weighted by Gasteiger charge is 2.39. The largest absolute Gasteiger partial charge is 0.416 e. The van der Waals surface area contributed by atoms with E-state index in [0.717, 1.165) is 60.6 Å². The van der Waals surface area contributed by atoms with Gasteiger partial charge in [0.25, 0.3) is 0 Å². The van der Waals surface area contributed by atoms with Crippen LogP contribution in [0.15, 0.2) is 37.4 Å². The zero-order valence-electron chi connectivity index (χ0n) is 23.3. The smallest absolute Gasteiger partial charge is 0.388 e. The lowest BCUT2D eigenvalue weighted by atomic mass is 9.71. The Balaban J connectivity index is 0.000000651. The van der Waals surface area contributed by atoms with Gasteiger partial charge < -0.3 is 10.2 Å². The number of fused-ring (bicyclic) bond motifs is 1. The Bertz CT molecular complexity index is 1040. The van der Waals surface area contributed by atoms with E-state index >= 15 is 0 Å². The third-order valence-electron chi connectivity index (χ3n) is 7.48. The molecule has 0 radical (unpaired) electrons. The van der Waals surface area contributed by atoms with E-state index in [-0.39, 0.29) is 16.5 Å². The van der Waals surface area contributed by atoms with Crippen molar-refractivity contribution in [1.29, 1.82) is 0 Å². The van der Waals surface area contributed by atoms with Crippen LogP contribution in [0.25, 0.3) is 0 Å². The molecular weight excluding hydrogens is 511 g/mol. The van der Waals surface area contributed by atoms with Gasteiger partial charge in [-0.3, -0.25) is 0 Å². The zero-order valence-corrected chi connectivity index (χ0v) is 24.1. The molecule has 1 aromatic carbocycles. The summed E-state index contributed by atoms with van der Waals surface area (Å²) in [5.41, 5.74) is 2.22. The van der Waals surface area contributed by atoms with Crippen molar-refractivity contribution >= 4 is 11.6 Å². The second-order valence-electron chi connectivity index (χ2n) is 11.5. The van der Waals surface area contributed by atoms with Gasteiger partial charge in [0, 0.05) is 16.8 Å². The third-order valence-corrected chi connectivity index (χ3v) is 7.77. The van der Waals surface area contributed by atoms with Crippen molar-refractivity contribution in [2.75, 3.05) is 0 Å². The van der Waals surface area contributed by atoms with Crippen LogP contribution in [0.4, 0.5) is 13.2 Å². The molecule has 2 atom stereocenters. The number of hydrogen-bond donors (Lipinski definition) is 2. The van der Waals surface area contributed by atoms with Gasteiger partial charge in [0.2, 0.25) is 0 Å². The second kappa shape index (κ2) is 13.5. The Kier molecular flexibility index (Phi) is 11.4. The van der Waals surface area contributed by atoms with E-state index in [1.807, 2.05) is 0 Å². The fourth-order valence-electron chi connectivity index (χ4n) is 5.24. The van der Waals surface area contributed by atoms with Crippen molar-refractivity contribution in [1.82, 2.24) is 4.98 Å². The molecule has 3 nitrogen and oxygen atoms in total. The number of nitrogens with zero attached hydrogens (tertiary/aromatic N) is 1. The van der Waals surface area contributed by atoms with E-state index < -0.39 is 23.9 Å². The number of aliphatic hydroxyl groups is 2. The topological polar surface area (TPSA) is 53.4 Å². The fraction of sp³-hybridized carbons (Fsp3) is 0.581. The summed E-state index contributed by atoms with van der Waals surface area (Å²) in [5.74, 6) is 1.03. The molecule has 2 aliphatic carbocycles. The third kappa shape index (κ3) is 7.83. The number of hydrogen-bond acceptors (Lipinski definition) is 3. The molecule has 212 valence electrons. The summed E-state index contributed by atoms with van der Waals surface area (Å²) in [7, 11) is 0. The van der Waals surface area contributed by atoms with Crippen LogP contribution in [0.2, 0.25) is 5.15 Å². The van der Waals surface area contributed by atoms with E-state index in [0.29, 0.717) is 24.0 Å². The minimum Gasteiger partial charge on any atom is -0.388 e. The van der Waals surface area contributed by atoms with E-state index in [9.17, 15) is 23.4 Å². The van der Waals surface area contributed by atoms with Gasteiger partial charge in [-0.1, -0.05) is 77.6 Å². The summed E-state index contributed by atoms with van der Waals surface area (Å²) in [6.07, 6.45) is 0.149. The zero-order chi connectivity index (χ0) is 28.8. The molecule has 38 heavy (non-hydrogen) atoms. The highest BCUT2D eigenvalue weighted by Crippen LogP contribution is 2.50. The average molecular weight is 554 g/mol. The van der Waals surface area contributed by atoms with Gasteiger partial charge in [0.05, 0.1) is 11.7 Å². The van der Waals surface area contributed by atoms with Gasteiger partial charge in [-0.2, -0.15) is 13.2 Å². The molecule has 2 N–H and O–H groups in total. The summed E-state index contributed by atoms with van der Waals surface area (Å²) in [4.78, 5) is 4.56. The van der Waals surface area contributed by atoms with Crippen LogP contribution >= 0.6 is 11.6 Å². The van der Waals surface area contributed by atoms with Gasteiger partial charge in [0.1, 0.15) is 11.3 Å². The number of halogens is 4. The van der Waals surface area contributed by atoms with Gasteiger partial charge in [0.15, 0.2) is 0 Å². The lowest BCUT2D eigenvalue weighted by Gasteiger charge is -2.37. The van der Waals surface area contributed by atoms with E-state index in [4.69, 9.17) is 11.6 Å². The van der Waals surface area contributed by atoms with Crippen molar-refractivity contribution in [3.05, 3.63) is 76.1 Å².